The van der Waals surface area contributed by atoms with Crippen molar-refractivity contribution in [1.82, 2.24) is 4.90 Å². The largest absolute Gasteiger partial charge is 0.416 e. The molecule has 1 amide bonds. The Bertz CT molecular complexity index is 812. The molecule has 148 valence electrons. The first-order valence-corrected chi connectivity index (χ1v) is 9.11. The van der Waals surface area contributed by atoms with E-state index in [0.29, 0.717) is 37.2 Å². The Hall–Kier alpha value is -2.67. The van der Waals surface area contributed by atoms with Gasteiger partial charge in [-0.25, -0.2) is 0 Å². The molecule has 0 saturated carbocycles. The van der Waals surface area contributed by atoms with Crippen LogP contribution in [0.15, 0.2) is 54.6 Å². The highest BCUT2D eigenvalue weighted by molar-refractivity contribution is 5.98. The molecule has 0 aliphatic carbocycles. The summed E-state index contributed by atoms with van der Waals surface area (Å²) in [5.74, 6) is -0.196. The van der Waals surface area contributed by atoms with E-state index in [0.717, 1.165) is 12.1 Å². The lowest BCUT2D eigenvalue weighted by Crippen LogP contribution is -2.40. The lowest BCUT2D eigenvalue weighted by Gasteiger charge is -2.30. The van der Waals surface area contributed by atoms with Crippen LogP contribution in [0.1, 0.15) is 28.8 Å². The van der Waals surface area contributed by atoms with Crippen LogP contribution in [-0.4, -0.2) is 36.2 Å². The summed E-state index contributed by atoms with van der Waals surface area (Å²) >= 11 is 0. The molecule has 0 spiro atoms. The van der Waals surface area contributed by atoms with Gasteiger partial charge in [-0.2, -0.15) is 13.2 Å². The van der Waals surface area contributed by atoms with E-state index in [-0.39, 0.29) is 24.2 Å². The Morgan fingerprint density at radius 3 is 2.14 bits per heavy atom. The average Bonchev–Trinajstić information content (AvgIpc) is 2.68. The first-order chi connectivity index (χ1) is 13.3. The number of piperidine rings is 1. The molecule has 2 aromatic rings. The maximum Gasteiger partial charge on any atom is 0.416 e. The van der Waals surface area contributed by atoms with Gasteiger partial charge in [-0.1, -0.05) is 30.3 Å². The van der Waals surface area contributed by atoms with Crippen molar-refractivity contribution in [3.8, 4) is 0 Å². The number of nitrogens with one attached hydrogen (secondary N) is 1. The Kier molecular flexibility index (Phi) is 6.14. The van der Waals surface area contributed by atoms with Gasteiger partial charge in [0, 0.05) is 17.2 Å². The molecule has 1 fully saturated rings. The summed E-state index contributed by atoms with van der Waals surface area (Å²) < 4.78 is 37.7. The van der Waals surface area contributed by atoms with Crippen LogP contribution >= 0.6 is 0 Å². The second kappa shape index (κ2) is 8.56. The second-order valence-electron chi connectivity index (χ2n) is 6.90. The zero-order valence-corrected chi connectivity index (χ0v) is 15.2. The van der Waals surface area contributed by atoms with Gasteiger partial charge in [0.1, 0.15) is 0 Å². The minimum absolute atomic E-state index is 0.0448. The summed E-state index contributed by atoms with van der Waals surface area (Å²) in [6.07, 6.45) is -3.04. The van der Waals surface area contributed by atoms with Gasteiger partial charge < -0.3 is 5.32 Å². The monoisotopic (exact) mass is 390 g/mol. The van der Waals surface area contributed by atoms with Gasteiger partial charge in [0.05, 0.1) is 12.1 Å². The van der Waals surface area contributed by atoms with Crippen molar-refractivity contribution >= 4 is 17.4 Å². The molecule has 1 aliphatic rings. The topological polar surface area (TPSA) is 49.4 Å². The number of likely N-dealkylation sites (tertiary alicyclic amines) is 1. The first kappa shape index (κ1) is 20.1. The number of alkyl halides is 3. The normalized spacial score (nSPS) is 16.0. The van der Waals surface area contributed by atoms with Crippen molar-refractivity contribution in [2.24, 2.45) is 5.92 Å². The van der Waals surface area contributed by atoms with E-state index in [4.69, 9.17) is 0 Å². The van der Waals surface area contributed by atoms with Gasteiger partial charge >= 0.3 is 6.18 Å². The molecule has 28 heavy (non-hydrogen) atoms. The smallest absolute Gasteiger partial charge is 0.325 e. The number of hydrogen-bond donors (Lipinski definition) is 1. The van der Waals surface area contributed by atoms with E-state index in [9.17, 15) is 22.8 Å². The molecule has 1 aliphatic heterocycles. The molecule has 0 aromatic heterocycles. The highest BCUT2D eigenvalue weighted by atomic mass is 19.4. The Morgan fingerprint density at radius 1 is 0.964 bits per heavy atom. The van der Waals surface area contributed by atoms with Crippen LogP contribution in [0.4, 0.5) is 18.9 Å². The van der Waals surface area contributed by atoms with Crippen LogP contribution in [0.25, 0.3) is 0 Å². The molecule has 1 N–H and O–H groups in total. The molecule has 2 aromatic carbocycles. The van der Waals surface area contributed by atoms with Crippen molar-refractivity contribution in [2.75, 3.05) is 25.0 Å². The van der Waals surface area contributed by atoms with E-state index in [1.54, 1.807) is 0 Å². The van der Waals surface area contributed by atoms with Crippen molar-refractivity contribution in [3.05, 3.63) is 65.7 Å². The number of carbonyl (C=O) groups excluding carboxylic acids is 2. The summed E-state index contributed by atoms with van der Waals surface area (Å²) in [5.41, 5.74) is 0.281. The fourth-order valence-electron chi connectivity index (χ4n) is 3.34. The molecule has 4 nitrogen and oxygen atoms in total. The number of benzene rings is 2. The van der Waals surface area contributed by atoms with Crippen LogP contribution in [0, 0.1) is 5.92 Å². The van der Waals surface area contributed by atoms with Crippen molar-refractivity contribution in [3.63, 3.8) is 0 Å². The van der Waals surface area contributed by atoms with Gasteiger partial charge in [0.15, 0.2) is 5.78 Å². The molecule has 1 saturated heterocycles. The summed E-state index contributed by atoms with van der Waals surface area (Å²) in [6, 6.07) is 13.5. The number of Topliss-reactive ketones (excluding diaryl/α,β-unsaturated/α-hetero) is 1. The highest BCUT2D eigenvalue weighted by Gasteiger charge is 2.30. The third-order valence-corrected chi connectivity index (χ3v) is 4.88. The van der Waals surface area contributed by atoms with Gasteiger partial charge in [0.2, 0.25) is 5.91 Å². The maximum absolute atomic E-state index is 12.6. The van der Waals surface area contributed by atoms with Crippen LogP contribution in [0.5, 0.6) is 0 Å². The number of carbonyl (C=O) groups is 2. The third-order valence-electron chi connectivity index (χ3n) is 4.88. The standard InChI is InChI=1S/C21H21F3N2O2/c22-21(23,24)17-6-8-18(9-7-17)25-19(27)14-26-12-10-16(11-13-26)20(28)15-4-2-1-3-5-15/h1-9,16H,10-14H2,(H,25,27). The van der Waals surface area contributed by atoms with Crippen LogP contribution < -0.4 is 5.32 Å². The predicted molar refractivity (Wildman–Crippen MR) is 100 cm³/mol. The molecule has 0 unspecified atom stereocenters. The predicted octanol–water partition coefficient (Wildman–Crippen LogP) is 4.24. The second-order valence-corrected chi connectivity index (χ2v) is 6.90. The van der Waals surface area contributed by atoms with Gasteiger partial charge in [-0.05, 0) is 50.2 Å². The Morgan fingerprint density at radius 2 is 1.57 bits per heavy atom. The molecule has 0 bridgehead atoms. The SMILES string of the molecule is O=C(CN1CCC(C(=O)c2ccccc2)CC1)Nc1ccc(C(F)(F)F)cc1. The molecular weight excluding hydrogens is 369 g/mol. The fourth-order valence-corrected chi connectivity index (χ4v) is 3.34. The third kappa shape index (κ3) is 5.19. The number of amides is 1. The number of ketones is 1. The van der Waals surface area contributed by atoms with Crippen molar-refractivity contribution in [1.29, 1.82) is 0 Å². The Balaban J connectivity index is 1.47. The Labute approximate surface area is 161 Å². The number of nitrogens with zero attached hydrogens (tertiary/aromatic N) is 1. The first-order valence-electron chi connectivity index (χ1n) is 9.11. The minimum atomic E-state index is -4.40. The minimum Gasteiger partial charge on any atom is -0.325 e. The van der Waals surface area contributed by atoms with E-state index < -0.39 is 11.7 Å². The molecule has 7 heteroatoms. The summed E-state index contributed by atoms with van der Waals surface area (Å²) in [4.78, 5) is 26.6. The summed E-state index contributed by atoms with van der Waals surface area (Å²) in [7, 11) is 0. The number of rotatable bonds is 5. The van der Waals surface area contributed by atoms with Crippen molar-refractivity contribution < 1.29 is 22.8 Å². The molecular formula is C21H21F3N2O2. The van der Waals surface area contributed by atoms with Crippen LogP contribution in [0.2, 0.25) is 0 Å². The van der Waals surface area contributed by atoms with Crippen LogP contribution in [-0.2, 0) is 11.0 Å². The number of anilines is 1. The van der Waals surface area contributed by atoms with E-state index in [2.05, 4.69) is 5.32 Å². The summed E-state index contributed by atoms with van der Waals surface area (Å²) in [5, 5.41) is 2.61. The van der Waals surface area contributed by atoms with Gasteiger partial charge in [0.25, 0.3) is 0 Å². The van der Waals surface area contributed by atoms with Crippen molar-refractivity contribution in [2.45, 2.75) is 19.0 Å². The highest BCUT2D eigenvalue weighted by Crippen LogP contribution is 2.29. The van der Waals surface area contributed by atoms with E-state index in [1.807, 2.05) is 35.2 Å². The maximum atomic E-state index is 12.6. The lowest BCUT2D eigenvalue weighted by molar-refractivity contribution is -0.137. The van der Waals surface area contributed by atoms with Crippen LogP contribution in [0.3, 0.4) is 0 Å². The average molecular weight is 390 g/mol. The molecule has 0 radical (unpaired) electrons. The fraction of sp³-hybridized carbons (Fsp3) is 0.333. The van der Waals surface area contributed by atoms with E-state index in [1.165, 1.54) is 12.1 Å². The lowest BCUT2D eigenvalue weighted by atomic mass is 9.89. The summed E-state index contributed by atoms with van der Waals surface area (Å²) in [6.45, 7) is 1.40. The van der Waals surface area contributed by atoms with E-state index >= 15 is 0 Å². The molecule has 0 atom stereocenters. The van der Waals surface area contributed by atoms with Gasteiger partial charge in [-0.3, -0.25) is 14.5 Å². The zero-order valence-electron chi connectivity index (χ0n) is 15.2. The number of hydrogen-bond acceptors (Lipinski definition) is 3. The molecule has 1 heterocycles. The zero-order chi connectivity index (χ0) is 20.1. The number of halogens is 3. The van der Waals surface area contributed by atoms with Gasteiger partial charge in [-0.15, -0.1) is 0 Å². The molecule has 3 rings (SSSR count). The quantitative estimate of drug-likeness (QED) is 0.777.